The van der Waals surface area contributed by atoms with Gasteiger partial charge in [0, 0.05) is 56.7 Å². The predicted molar refractivity (Wildman–Crippen MR) is 398 cm³/mol. The molecule has 0 amide bonds. The summed E-state index contributed by atoms with van der Waals surface area (Å²) in [5, 5.41) is 0. The number of guanidine groups is 3. The quantitative estimate of drug-likeness (QED) is 0.114. The SMILES string of the molecule is CC(C)(C)c1ccc(C(c2ccc(C3=NC4=NC(c5ccc(N(c6ccc(C(C)(C)C)cc6)c6ccc(C(C)(C)C)cc6)cc5)=NC5=NC(c6ccc(N(c7ccc(C(C)(C)C)cc7)c7ccc(C(C)(C)C)cc7)cc6)=NC(=N3)N45)cc2)c2ccc(C(C)(C)C)cc2)cc1. The molecule has 0 saturated heterocycles. The third-order valence-corrected chi connectivity index (χ3v) is 18.3. The first kappa shape index (κ1) is 64.5. The highest BCUT2D eigenvalue weighted by atomic mass is 15.5. The summed E-state index contributed by atoms with van der Waals surface area (Å²) in [6.45, 7) is 40.6. The summed E-state index contributed by atoms with van der Waals surface area (Å²) in [6, 6.07) is 79.7. The molecular formula is C85H91N9. The van der Waals surface area contributed by atoms with Gasteiger partial charge < -0.3 is 9.80 Å². The maximum Gasteiger partial charge on any atom is 0.243 e. The fraction of sp³-hybridized carbons (Fsp3) is 0.294. The van der Waals surface area contributed by atoms with Gasteiger partial charge in [0.2, 0.25) is 17.9 Å². The van der Waals surface area contributed by atoms with Crippen LogP contribution < -0.4 is 9.80 Å². The Morgan fingerprint density at radius 3 is 0.596 bits per heavy atom. The van der Waals surface area contributed by atoms with Crippen LogP contribution in [0.1, 0.15) is 197 Å². The minimum atomic E-state index is -0.0130. The van der Waals surface area contributed by atoms with E-state index >= 15 is 0 Å². The van der Waals surface area contributed by atoms with Gasteiger partial charge in [0.15, 0.2) is 17.5 Å². The lowest BCUT2D eigenvalue weighted by Crippen LogP contribution is -2.48. The van der Waals surface area contributed by atoms with Crippen LogP contribution in [-0.4, -0.2) is 40.3 Å². The van der Waals surface area contributed by atoms with Crippen molar-refractivity contribution in [2.24, 2.45) is 30.0 Å². The van der Waals surface area contributed by atoms with E-state index < -0.39 is 0 Å². The van der Waals surface area contributed by atoms with Crippen molar-refractivity contribution in [2.45, 2.75) is 163 Å². The highest BCUT2D eigenvalue weighted by molar-refractivity contribution is 6.34. The predicted octanol–water partition coefficient (Wildman–Crippen LogP) is 21.6. The molecule has 0 spiro atoms. The monoisotopic (exact) mass is 1240 g/mol. The number of aliphatic imine (C=N–C) groups is 6. The smallest absolute Gasteiger partial charge is 0.243 e. The molecule has 3 aliphatic heterocycles. The molecule has 0 atom stereocenters. The number of nitrogens with zero attached hydrogens (tertiary/aromatic N) is 9. The second-order valence-electron chi connectivity index (χ2n) is 31.6. The molecule has 9 heteroatoms. The molecule has 12 rings (SSSR count). The van der Waals surface area contributed by atoms with Gasteiger partial charge in [0.05, 0.1) is 0 Å². The van der Waals surface area contributed by atoms with Gasteiger partial charge in [-0.05, 0) is 180 Å². The van der Waals surface area contributed by atoms with Crippen molar-refractivity contribution in [3.8, 4) is 0 Å². The highest BCUT2D eigenvalue weighted by Gasteiger charge is 2.36. The van der Waals surface area contributed by atoms with Crippen LogP contribution in [0.5, 0.6) is 0 Å². The van der Waals surface area contributed by atoms with E-state index in [2.05, 4.69) is 353 Å². The second-order valence-corrected chi connectivity index (χ2v) is 31.6. The van der Waals surface area contributed by atoms with Crippen molar-refractivity contribution >= 4 is 69.5 Å². The van der Waals surface area contributed by atoms with E-state index in [-0.39, 0.29) is 38.4 Å². The zero-order valence-corrected chi connectivity index (χ0v) is 58.4. The number of hydrogen-bond acceptors (Lipinski definition) is 9. The van der Waals surface area contributed by atoms with Gasteiger partial charge in [0.25, 0.3) is 0 Å². The largest absolute Gasteiger partial charge is 0.311 e. The molecule has 9 aromatic carbocycles. The number of amidine groups is 3. The number of hydrogen-bond donors (Lipinski definition) is 0. The van der Waals surface area contributed by atoms with E-state index in [1.165, 1.54) is 44.5 Å². The lowest BCUT2D eigenvalue weighted by molar-refractivity contribution is 0.589. The first-order valence-electron chi connectivity index (χ1n) is 33.2. The molecule has 3 heterocycles. The van der Waals surface area contributed by atoms with Crippen LogP contribution in [0.4, 0.5) is 34.1 Å². The van der Waals surface area contributed by atoms with Crippen LogP contribution in [0, 0.1) is 0 Å². The van der Waals surface area contributed by atoms with Crippen LogP contribution in [0.2, 0.25) is 0 Å². The minimum Gasteiger partial charge on any atom is -0.311 e. The Balaban J connectivity index is 0.946. The van der Waals surface area contributed by atoms with E-state index in [0.29, 0.717) is 35.4 Å². The first-order chi connectivity index (χ1) is 44.3. The maximum absolute atomic E-state index is 5.25. The molecule has 94 heavy (non-hydrogen) atoms. The average molecular weight is 1240 g/mol. The summed E-state index contributed by atoms with van der Waals surface area (Å²) in [5.74, 6) is 2.59. The molecule has 0 fully saturated rings. The van der Waals surface area contributed by atoms with E-state index in [9.17, 15) is 0 Å². The Morgan fingerprint density at radius 1 is 0.223 bits per heavy atom. The Morgan fingerprint density at radius 2 is 0.394 bits per heavy atom. The van der Waals surface area contributed by atoms with Gasteiger partial charge in [-0.3, -0.25) is 0 Å². The molecule has 0 saturated carbocycles. The van der Waals surface area contributed by atoms with Gasteiger partial charge in [-0.15, -0.1) is 0 Å². The standard InChI is InChI=1S/C85H91N9/c1-80(2,3)61-31-23-56(24-32-61)73(57-25-33-62(34-26-57)81(4,5)6)55-19-21-58(22-20-55)74-86-77-88-75(59-27-43-67(44-28-59)92(69-47-35-63(36-48-69)82(7,8)9)70-49-37-64(38-50-70)83(10,11)12)90-79-91-76(89-78(87-74)94(77)79)60-29-45-68(46-30-60)93(71-51-39-65(40-52-71)84(13,14)15)72-53-41-66(42-54-72)85(16,17)18/h19-54,73H,1-18H3. The molecule has 0 N–H and O–H groups in total. The van der Waals surface area contributed by atoms with Gasteiger partial charge in [-0.1, -0.05) is 246 Å². The molecular weight excluding hydrogens is 1150 g/mol. The number of rotatable bonds is 12. The molecule has 0 aliphatic carbocycles. The minimum absolute atomic E-state index is 0.0130. The number of benzene rings is 9. The first-order valence-corrected chi connectivity index (χ1v) is 33.2. The van der Waals surface area contributed by atoms with Crippen molar-refractivity contribution < 1.29 is 0 Å². The van der Waals surface area contributed by atoms with Gasteiger partial charge in [0.1, 0.15) is 0 Å². The van der Waals surface area contributed by atoms with Gasteiger partial charge in [-0.25, -0.2) is 4.90 Å². The second kappa shape index (κ2) is 24.4. The normalized spacial score (nSPS) is 14.5. The highest BCUT2D eigenvalue weighted by Crippen LogP contribution is 2.41. The van der Waals surface area contributed by atoms with Crippen molar-refractivity contribution in [3.63, 3.8) is 0 Å². The fourth-order valence-corrected chi connectivity index (χ4v) is 12.3. The molecule has 0 radical (unpaired) electrons. The summed E-state index contributed by atoms with van der Waals surface area (Å²) in [5.41, 5.74) is 20.2. The Bertz CT molecular complexity index is 3790. The lowest BCUT2D eigenvalue weighted by Gasteiger charge is -2.31. The van der Waals surface area contributed by atoms with Crippen LogP contribution in [-0.2, 0) is 32.5 Å². The van der Waals surface area contributed by atoms with Crippen LogP contribution in [0.25, 0.3) is 0 Å². The van der Waals surface area contributed by atoms with E-state index in [4.69, 9.17) is 30.0 Å². The third kappa shape index (κ3) is 13.6. The summed E-state index contributed by atoms with van der Waals surface area (Å²) < 4.78 is 0. The molecule has 0 bridgehead atoms. The Hall–Kier alpha value is -9.60. The Labute approximate surface area is 559 Å². The molecule has 0 aromatic heterocycles. The van der Waals surface area contributed by atoms with Crippen molar-refractivity contribution in [1.82, 2.24) is 4.90 Å². The van der Waals surface area contributed by atoms with Crippen molar-refractivity contribution in [2.75, 3.05) is 9.80 Å². The van der Waals surface area contributed by atoms with Crippen molar-refractivity contribution in [3.05, 3.63) is 285 Å². The van der Waals surface area contributed by atoms with E-state index in [0.717, 1.165) is 56.4 Å². The summed E-state index contributed by atoms with van der Waals surface area (Å²) >= 11 is 0. The van der Waals surface area contributed by atoms with Gasteiger partial charge in [-0.2, -0.15) is 30.0 Å². The van der Waals surface area contributed by atoms with Gasteiger partial charge >= 0.3 is 0 Å². The molecule has 9 nitrogen and oxygen atoms in total. The molecule has 0 unspecified atom stereocenters. The number of anilines is 6. The summed E-state index contributed by atoms with van der Waals surface area (Å²) in [4.78, 5) is 37.8. The third-order valence-electron chi connectivity index (χ3n) is 18.3. The van der Waals surface area contributed by atoms with E-state index in [1.54, 1.807) is 4.90 Å². The fourth-order valence-electron chi connectivity index (χ4n) is 12.3. The van der Waals surface area contributed by atoms with Crippen LogP contribution in [0.3, 0.4) is 0 Å². The Kier molecular flexibility index (Phi) is 16.7. The van der Waals surface area contributed by atoms with Crippen LogP contribution in [0.15, 0.2) is 248 Å². The molecule has 9 aromatic rings. The van der Waals surface area contributed by atoms with E-state index in [1.807, 2.05) is 0 Å². The maximum atomic E-state index is 5.25. The van der Waals surface area contributed by atoms with Crippen molar-refractivity contribution in [1.29, 1.82) is 0 Å². The summed E-state index contributed by atoms with van der Waals surface area (Å²) in [7, 11) is 0. The average Bonchev–Trinajstić information content (AvgIpc) is 0.753. The molecule has 3 aliphatic rings. The topological polar surface area (TPSA) is 83.9 Å². The zero-order chi connectivity index (χ0) is 66.9. The zero-order valence-electron chi connectivity index (χ0n) is 58.4. The molecule has 476 valence electrons. The lowest BCUT2D eigenvalue weighted by atomic mass is 9.80. The summed E-state index contributed by atoms with van der Waals surface area (Å²) in [6.07, 6.45) is 0. The van der Waals surface area contributed by atoms with Crippen LogP contribution >= 0.6 is 0 Å².